The summed E-state index contributed by atoms with van der Waals surface area (Å²) in [6.07, 6.45) is -0.701. The van der Waals surface area contributed by atoms with Crippen molar-refractivity contribution in [2.24, 2.45) is 10.9 Å². The SMILES string of the molecule is CCNC(=NCC(O)COCC(C)C)NC(C)c1ccc(F)c(F)c1. The Kier molecular flexibility index (Phi) is 9.37. The number of nitrogens with zero attached hydrogens (tertiary/aromatic N) is 1. The topological polar surface area (TPSA) is 65.9 Å². The largest absolute Gasteiger partial charge is 0.389 e. The van der Waals surface area contributed by atoms with Gasteiger partial charge >= 0.3 is 0 Å². The number of hydrogen-bond donors (Lipinski definition) is 3. The number of aliphatic hydroxyl groups excluding tert-OH is 1. The fraction of sp³-hybridized carbons (Fsp3) is 0.611. The highest BCUT2D eigenvalue weighted by Crippen LogP contribution is 2.15. The summed E-state index contributed by atoms with van der Waals surface area (Å²) >= 11 is 0. The van der Waals surface area contributed by atoms with Gasteiger partial charge in [-0.2, -0.15) is 0 Å². The summed E-state index contributed by atoms with van der Waals surface area (Å²) in [6.45, 7) is 9.44. The van der Waals surface area contributed by atoms with Crippen LogP contribution < -0.4 is 10.6 Å². The molecule has 1 aromatic rings. The van der Waals surface area contributed by atoms with Gasteiger partial charge in [0, 0.05) is 13.2 Å². The molecule has 7 heteroatoms. The van der Waals surface area contributed by atoms with Gasteiger partial charge < -0.3 is 20.5 Å². The quantitative estimate of drug-likeness (QED) is 0.470. The second-order valence-corrected chi connectivity index (χ2v) is 6.34. The second-order valence-electron chi connectivity index (χ2n) is 6.34. The van der Waals surface area contributed by atoms with Crippen LogP contribution in [-0.2, 0) is 4.74 Å². The summed E-state index contributed by atoms with van der Waals surface area (Å²) in [6, 6.07) is 3.50. The lowest BCUT2D eigenvalue weighted by atomic mass is 10.1. The van der Waals surface area contributed by atoms with Gasteiger partial charge in [0.25, 0.3) is 0 Å². The predicted molar refractivity (Wildman–Crippen MR) is 95.6 cm³/mol. The van der Waals surface area contributed by atoms with Crippen LogP contribution in [0, 0.1) is 17.6 Å². The first-order chi connectivity index (χ1) is 11.8. The van der Waals surface area contributed by atoms with Crippen molar-refractivity contribution in [3.8, 4) is 0 Å². The molecule has 0 fully saturated rings. The Morgan fingerprint density at radius 1 is 1.20 bits per heavy atom. The third-order valence-corrected chi connectivity index (χ3v) is 3.36. The summed E-state index contributed by atoms with van der Waals surface area (Å²) in [5, 5.41) is 16.1. The van der Waals surface area contributed by atoms with E-state index in [1.165, 1.54) is 6.07 Å². The van der Waals surface area contributed by atoms with Gasteiger partial charge in [0.1, 0.15) is 0 Å². The number of aliphatic imine (C=N–C) groups is 1. The molecule has 25 heavy (non-hydrogen) atoms. The third-order valence-electron chi connectivity index (χ3n) is 3.36. The molecule has 2 unspecified atom stereocenters. The Hall–Kier alpha value is -1.73. The molecular weight excluding hydrogens is 328 g/mol. The molecular formula is C18H29F2N3O2. The van der Waals surface area contributed by atoms with Gasteiger partial charge in [-0.3, -0.25) is 4.99 Å². The van der Waals surface area contributed by atoms with Crippen molar-refractivity contribution in [1.29, 1.82) is 0 Å². The molecule has 5 nitrogen and oxygen atoms in total. The van der Waals surface area contributed by atoms with Gasteiger partial charge in [-0.05, 0) is 37.5 Å². The summed E-state index contributed by atoms with van der Waals surface area (Å²) in [7, 11) is 0. The molecule has 0 spiro atoms. The zero-order valence-corrected chi connectivity index (χ0v) is 15.4. The molecule has 2 atom stereocenters. The molecule has 0 aliphatic carbocycles. The van der Waals surface area contributed by atoms with E-state index in [-0.39, 0.29) is 19.2 Å². The summed E-state index contributed by atoms with van der Waals surface area (Å²) in [5.74, 6) is -0.860. The molecule has 0 amide bonds. The molecule has 0 aliphatic rings. The molecule has 1 rings (SSSR count). The Morgan fingerprint density at radius 3 is 2.52 bits per heavy atom. The minimum Gasteiger partial charge on any atom is -0.389 e. The first-order valence-corrected chi connectivity index (χ1v) is 8.59. The predicted octanol–water partition coefficient (Wildman–Crippen LogP) is 2.61. The maximum Gasteiger partial charge on any atom is 0.191 e. The first kappa shape index (κ1) is 21.3. The zero-order chi connectivity index (χ0) is 18.8. The number of rotatable bonds is 9. The Bertz CT molecular complexity index is 553. The molecule has 0 radical (unpaired) electrons. The molecule has 142 valence electrons. The summed E-state index contributed by atoms with van der Waals surface area (Å²) < 4.78 is 31.8. The van der Waals surface area contributed by atoms with Gasteiger partial charge in [0.2, 0.25) is 0 Å². The number of ether oxygens (including phenoxy) is 1. The van der Waals surface area contributed by atoms with Crippen molar-refractivity contribution >= 4 is 5.96 Å². The molecule has 0 saturated carbocycles. The van der Waals surface area contributed by atoms with E-state index in [1.54, 1.807) is 0 Å². The highest BCUT2D eigenvalue weighted by Gasteiger charge is 2.12. The van der Waals surface area contributed by atoms with Crippen LogP contribution in [-0.4, -0.2) is 43.5 Å². The standard InChI is InChI=1S/C18H29F2N3O2/c1-5-21-18(22-9-15(24)11-25-10-12(2)3)23-13(4)14-6-7-16(19)17(20)8-14/h6-8,12-13,15,24H,5,9-11H2,1-4H3,(H2,21,22,23). The van der Waals surface area contributed by atoms with Crippen LogP contribution in [0.5, 0.6) is 0 Å². The van der Waals surface area contributed by atoms with Crippen LogP contribution in [0.2, 0.25) is 0 Å². The van der Waals surface area contributed by atoms with Crippen molar-refractivity contribution < 1.29 is 18.6 Å². The van der Waals surface area contributed by atoms with Crippen LogP contribution in [0.4, 0.5) is 8.78 Å². The molecule has 0 saturated heterocycles. The number of halogens is 2. The van der Waals surface area contributed by atoms with Gasteiger partial charge in [-0.1, -0.05) is 19.9 Å². The Morgan fingerprint density at radius 2 is 1.92 bits per heavy atom. The van der Waals surface area contributed by atoms with E-state index in [0.29, 0.717) is 30.6 Å². The van der Waals surface area contributed by atoms with E-state index in [2.05, 4.69) is 15.6 Å². The fourth-order valence-electron chi connectivity index (χ4n) is 2.08. The number of aliphatic hydroxyl groups is 1. The van der Waals surface area contributed by atoms with Crippen molar-refractivity contribution in [3.05, 3.63) is 35.4 Å². The van der Waals surface area contributed by atoms with E-state index in [9.17, 15) is 13.9 Å². The summed E-state index contributed by atoms with van der Waals surface area (Å²) in [4.78, 5) is 4.31. The van der Waals surface area contributed by atoms with Crippen molar-refractivity contribution in [3.63, 3.8) is 0 Å². The normalized spacial score (nSPS) is 14.5. The van der Waals surface area contributed by atoms with Crippen molar-refractivity contribution in [2.75, 3.05) is 26.3 Å². The molecule has 0 aliphatic heterocycles. The monoisotopic (exact) mass is 357 g/mol. The number of benzene rings is 1. The van der Waals surface area contributed by atoms with Crippen LogP contribution in [0.3, 0.4) is 0 Å². The van der Waals surface area contributed by atoms with Gasteiger partial charge in [0.05, 0.1) is 25.3 Å². The van der Waals surface area contributed by atoms with E-state index < -0.39 is 17.7 Å². The molecule has 0 bridgehead atoms. The number of nitrogens with one attached hydrogen (secondary N) is 2. The minimum atomic E-state index is -0.884. The highest BCUT2D eigenvalue weighted by molar-refractivity contribution is 5.80. The van der Waals surface area contributed by atoms with E-state index >= 15 is 0 Å². The van der Waals surface area contributed by atoms with Gasteiger partial charge in [0.15, 0.2) is 17.6 Å². The van der Waals surface area contributed by atoms with Gasteiger partial charge in [-0.25, -0.2) is 8.78 Å². The smallest absolute Gasteiger partial charge is 0.191 e. The lowest BCUT2D eigenvalue weighted by Crippen LogP contribution is -2.39. The highest BCUT2D eigenvalue weighted by atomic mass is 19.2. The zero-order valence-electron chi connectivity index (χ0n) is 15.4. The molecule has 0 aromatic heterocycles. The van der Waals surface area contributed by atoms with Crippen molar-refractivity contribution in [1.82, 2.24) is 10.6 Å². The second kappa shape index (κ2) is 11.0. The van der Waals surface area contributed by atoms with Gasteiger partial charge in [-0.15, -0.1) is 0 Å². The van der Waals surface area contributed by atoms with E-state index in [1.807, 2.05) is 27.7 Å². The third kappa shape index (κ3) is 8.27. The Balaban J connectivity index is 2.60. The average Bonchev–Trinajstić information content (AvgIpc) is 2.55. The van der Waals surface area contributed by atoms with E-state index in [4.69, 9.17) is 4.74 Å². The van der Waals surface area contributed by atoms with Crippen LogP contribution >= 0.6 is 0 Å². The van der Waals surface area contributed by atoms with E-state index in [0.717, 1.165) is 12.1 Å². The van der Waals surface area contributed by atoms with Crippen LogP contribution in [0.1, 0.15) is 39.3 Å². The van der Waals surface area contributed by atoms with Crippen molar-refractivity contribution in [2.45, 2.75) is 39.8 Å². The average molecular weight is 357 g/mol. The maximum atomic E-state index is 13.4. The lowest BCUT2D eigenvalue weighted by Gasteiger charge is -2.19. The molecule has 3 N–H and O–H groups in total. The Labute approximate surface area is 148 Å². The molecule has 1 aromatic carbocycles. The first-order valence-electron chi connectivity index (χ1n) is 8.59. The number of guanidine groups is 1. The lowest BCUT2D eigenvalue weighted by molar-refractivity contribution is 0.0301. The maximum absolute atomic E-state index is 13.4. The molecule has 0 heterocycles. The number of hydrogen-bond acceptors (Lipinski definition) is 3. The minimum absolute atomic E-state index is 0.178. The summed E-state index contributed by atoms with van der Waals surface area (Å²) in [5.41, 5.74) is 0.602. The van der Waals surface area contributed by atoms with Crippen LogP contribution in [0.15, 0.2) is 23.2 Å². The van der Waals surface area contributed by atoms with Crippen LogP contribution in [0.25, 0.3) is 0 Å². The fourth-order valence-corrected chi connectivity index (χ4v) is 2.08.